The van der Waals surface area contributed by atoms with Gasteiger partial charge in [-0.1, -0.05) is 25.3 Å². The fourth-order valence-corrected chi connectivity index (χ4v) is 3.85. The van der Waals surface area contributed by atoms with E-state index in [-0.39, 0.29) is 12.1 Å². The zero-order valence-corrected chi connectivity index (χ0v) is 14.3. The first-order valence-electron chi connectivity index (χ1n) is 8.34. The number of oxazole rings is 1. The van der Waals surface area contributed by atoms with Gasteiger partial charge in [-0.3, -0.25) is 10.3 Å². The van der Waals surface area contributed by atoms with Gasteiger partial charge in [0.15, 0.2) is 10.7 Å². The molecular weight excluding hydrogens is 340 g/mol. The van der Waals surface area contributed by atoms with E-state index >= 15 is 0 Å². The molecule has 1 fully saturated rings. The van der Waals surface area contributed by atoms with Gasteiger partial charge in [-0.05, 0) is 25.0 Å². The lowest BCUT2D eigenvalue weighted by atomic mass is 9.96. The number of carbonyl (C=O) groups excluding carboxylic acids is 1. The summed E-state index contributed by atoms with van der Waals surface area (Å²) in [7, 11) is 0. The number of urea groups is 1. The highest BCUT2D eigenvalue weighted by Crippen LogP contribution is 2.27. The largest absolute Gasteiger partial charge is 0.417 e. The van der Waals surface area contributed by atoms with Gasteiger partial charge in [0.2, 0.25) is 0 Å². The molecule has 2 aromatic heterocycles. The molecule has 1 aliphatic carbocycles. The highest BCUT2D eigenvalue weighted by Gasteiger charge is 2.16. The van der Waals surface area contributed by atoms with Gasteiger partial charge in [0, 0.05) is 17.0 Å². The van der Waals surface area contributed by atoms with E-state index in [1.54, 1.807) is 12.1 Å². The Kier molecular flexibility index (Phi) is 4.27. The minimum Gasteiger partial charge on any atom is -0.408 e. The number of thiazole rings is 1. The Morgan fingerprint density at radius 3 is 2.96 bits per heavy atom. The molecule has 0 unspecified atom stereocenters. The van der Waals surface area contributed by atoms with Crippen molar-refractivity contribution in [3.05, 3.63) is 34.1 Å². The van der Waals surface area contributed by atoms with Crippen LogP contribution >= 0.6 is 11.3 Å². The standard InChI is InChI=1S/C17H18N4O3S/c22-15(18-11-4-2-1-3-5-11)21-16-19-13(9-25-16)10-6-7-12-14(8-10)24-17(23)20-12/h6-9,11H,1-5H2,(H,20,23)(H2,18,19,21,22). The summed E-state index contributed by atoms with van der Waals surface area (Å²) in [5.74, 6) is -0.479. The number of nitrogens with zero attached hydrogens (tertiary/aromatic N) is 1. The van der Waals surface area contributed by atoms with Crippen molar-refractivity contribution in [2.45, 2.75) is 38.1 Å². The number of nitrogens with one attached hydrogen (secondary N) is 3. The molecule has 3 aromatic rings. The molecule has 3 N–H and O–H groups in total. The van der Waals surface area contributed by atoms with Gasteiger partial charge < -0.3 is 9.73 Å². The second-order valence-electron chi connectivity index (χ2n) is 6.20. The summed E-state index contributed by atoms with van der Waals surface area (Å²) in [6.45, 7) is 0. The van der Waals surface area contributed by atoms with E-state index in [0.29, 0.717) is 16.2 Å². The van der Waals surface area contributed by atoms with Crippen LogP contribution in [0.4, 0.5) is 9.93 Å². The van der Waals surface area contributed by atoms with Gasteiger partial charge in [-0.2, -0.15) is 0 Å². The summed E-state index contributed by atoms with van der Waals surface area (Å²) in [5.41, 5.74) is 2.69. The van der Waals surface area contributed by atoms with Gasteiger partial charge in [-0.25, -0.2) is 14.6 Å². The van der Waals surface area contributed by atoms with Gasteiger partial charge in [0.25, 0.3) is 0 Å². The topological polar surface area (TPSA) is 100 Å². The van der Waals surface area contributed by atoms with Crippen LogP contribution in [0, 0.1) is 0 Å². The van der Waals surface area contributed by atoms with Gasteiger partial charge in [0.1, 0.15) is 0 Å². The molecule has 8 heteroatoms. The monoisotopic (exact) mass is 358 g/mol. The summed E-state index contributed by atoms with van der Waals surface area (Å²) in [6.07, 6.45) is 5.67. The molecule has 0 spiro atoms. The van der Waals surface area contributed by atoms with Crippen LogP contribution in [-0.2, 0) is 0 Å². The molecule has 4 rings (SSSR count). The van der Waals surface area contributed by atoms with Crippen molar-refractivity contribution in [1.29, 1.82) is 0 Å². The fraction of sp³-hybridized carbons (Fsp3) is 0.353. The minimum absolute atomic E-state index is 0.208. The number of aromatic amines is 1. The van der Waals surface area contributed by atoms with Crippen LogP contribution < -0.4 is 16.4 Å². The van der Waals surface area contributed by atoms with Crippen molar-refractivity contribution in [1.82, 2.24) is 15.3 Å². The summed E-state index contributed by atoms with van der Waals surface area (Å²) in [6, 6.07) is 5.44. The fourth-order valence-electron chi connectivity index (χ4n) is 3.13. The Bertz CT molecular complexity index is 952. The highest BCUT2D eigenvalue weighted by atomic mass is 32.1. The third-order valence-corrected chi connectivity index (χ3v) is 5.14. The number of amides is 2. The van der Waals surface area contributed by atoms with Crippen molar-refractivity contribution in [3.8, 4) is 11.3 Å². The summed E-state index contributed by atoms with van der Waals surface area (Å²) in [5, 5.41) is 8.21. The van der Waals surface area contributed by atoms with E-state index in [1.807, 2.05) is 11.4 Å². The number of benzene rings is 1. The average Bonchev–Trinajstić information content (AvgIpc) is 3.20. The number of rotatable bonds is 3. The number of H-pyrrole nitrogens is 1. The number of fused-ring (bicyclic) bond motifs is 1. The van der Waals surface area contributed by atoms with Gasteiger partial charge in [0.05, 0.1) is 11.2 Å². The Morgan fingerprint density at radius 2 is 2.12 bits per heavy atom. The summed E-state index contributed by atoms with van der Waals surface area (Å²) >= 11 is 1.36. The first-order valence-corrected chi connectivity index (χ1v) is 9.22. The molecule has 2 amide bonds. The molecule has 0 radical (unpaired) electrons. The van der Waals surface area contributed by atoms with Crippen LogP contribution in [0.15, 0.2) is 32.8 Å². The third kappa shape index (κ3) is 3.58. The summed E-state index contributed by atoms with van der Waals surface area (Å²) < 4.78 is 5.07. The lowest BCUT2D eigenvalue weighted by molar-refractivity contribution is 0.244. The molecule has 1 aromatic carbocycles. The Balaban J connectivity index is 1.45. The minimum atomic E-state index is -0.479. The first-order chi connectivity index (χ1) is 12.2. The molecular formula is C17H18N4O3S. The summed E-state index contributed by atoms with van der Waals surface area (Å²) in [4.78, 5) is 30.4. The van der Waals surface area contributed by atoms with E-state index in [2.05, 4.69) is 20.6 Å². The zero-order chi connectivity index (χ0) is 17.2. The van der Waals surface area contributed by atoms with Crippen molar-refractivity contribution in [3.63, 3.8) is 0 Å². The number of anilines is 1. The maximum Gasteiger partial charge on any atom is 0.417 e. The average molecular weight is 358 g/mol. The first kappa shape index (κ1) is 15.9. The molecule has 0 bridgehead atoms. The number of hydrogen-bond acceptors (Lipinski definition) is 5. The van der Waals surface area contributed by atoms with Crippen LogP contribution in [0.25, 0.3) is 22.4 Å². The molecule has 2 heterocycles. The van der Waals surface area contributed by atoms with Crippen LogP contribution in [0.1, 0.15) is 32.1 Å². The zero-order valence-electron chi connectivity index (χ0n) is 13.5. The SMILES string of the molecule is O=C(Nc1nc(-c2ccc3[nH]c(=O)oc3c2)cs1)NC1CCCCC1. The molecule has 1 aliphatic rings. The van der Waals surface area contributed by atoms with Crippen LogP contribution in [0.5, 0.6) is 0 Å². The van der Waals surface area contributed by atoms with Crippen molar-refractivity contribution in [2.75, 3.05) is 5.32 Å². The van der Waals surface area contributed by atoms with E-state index in [0.717, 1.165) is 24.1 Å². The maximum atomic E-state index is 12.1. The lowest BCUT2D eigenvalue weighted by Gasteiger charge is -2.22. The number of hydrogen-bond donors (Lipinski definition) is 3. The molecule has 25 heavy (non-hydrogen) atoms. The van der Waals surface area contributed by atoms with Gasteiger partial charge >= 0.3 is 11.8 Å². The van der Waals surface area contributed by atoms with Crippen LogP contribution in [0.2, 0.25) is 0 Å². The molecule has 7 nitrogen and oxygen atoms in total. The second kappa shape index (κ2) is 6.72. The molecule has 130 valence electrons. The predicted octanol–water partition coefficient (Wildman–Crippen LogP) is 3.70. The smallest absolute Gasteiger partial charge is 0.408 e. The lowest BCUT2D eigenvalue weighted by Crippen LogP contribution is -2.38. The normalized spacial score (nSPS) is 15.4. The van der Waals surface area contributed by atoms with E-state index in [9.17, 15) is 9.59 Å². The van der Waals surface area contributed by atoms with E-state index in [1.165, 1.54) is 30.6 Å². The van der Waals surface area contributed by atoms with Crippen molar-refractivity contribution in [2.24, 2.45) is 0 Å². The van der Waals surface area contributed by atoms with Crippen LogP contribution in [0.3, 0.4) is 0 Å². The molecule has 1 saturated carbocycles. The second-order valence-corrected chi connectivity index (χ2v) is 7.05. The predicted molar refractivity (Wildman–Crippen MR) is 97.0 cm³/mol. The Hall–Kier alpha value is -2.61. The maximum absolute atomic E-state index is 12.1. The third-order valence-electron chi connectivity index (χ3n) is 4.38. The van der Waals surface area contributed by atoms with Crippen molar-refractivity contribution >= 4 is 33.6 Å². The van der Waals surface area contributed by atoms with Gasteiger partial charge in [-0.15, -0.1) is 11.3 Å². The quantitative estimate of drug-likeness (QED) is 0.664. The number of carbonyl (C=O) groups is 1. The Labute approximate surface area is 147 Å². The van der Waals surface area contributed by atoms with E-state index in [4.69, 9.17) is 4.42 Å². The Morgan fingerprint density at radius 1 is 1.28 bits per heavy atom. The van der Waals surface area contributed by atoms with Crippen LogP contribution in [-0.4, -0.2) is 22.0 Å². The highest BCUT2D eigenvalue weighted by molar-refractivity contribution is 7.14. The van der Waals surface area contributed by atoms with Crippen molar-refractivity contribution < 1.29 is 9.21 Å². The number of aromatic nitrogens is 2. The molecule has 0 atom stereocenters. The van der Waals surface area contributed by atoms with E-state index < -0.39 is 5.76 Å². The molecule has 0 aliphatic heterocycles. The molecule has 0 saturated heterocycles.